The maximum Gasteiger partial charge on any atom is 0.472 e. The number of likely N-dealkylation sites (N-methyl/N-ethyl adjacent to an activating group) is 1. The molecule has 0 bridgehead atoms. The first-order valence-electron chi connectivity index (χ1n) is 34.4. The zero-order valence-corrected chi connectivity index (χ0v) is 55.4. The standard InChI is InChI=1S/C72H131N2O7P/c1-7-10-13-16-19-22-25-28-30-32-34-36-37-39-41-43-45-47-50-53-56-59-62-65-72(76)81-70(63-60-57-54-51-48-27-24-21-18-15-12-9-3)69(68-80-82(77,78)79-67-66-74(4,5)6)73-71(75)64-61-58-55-52-49-46-44-42-40-38-35-33-31-29-26-23-20-17-14-11-8-2/h11,14,20,23,28-31,35,38,42,44,60,63,69-70H,7-10,12-13,15-19,21-22,24-27,32-34,36-37,39-41,43,45-59,61-62,64-68H2,1-6H3,(H-,73,75,77,78)/p+1/b14-11-,23-20-,30-28+,31-29-,38-35-,44-42-,63-60+. The number of hydrogen-bond donors (Lipinski definition) is 2. The number of unbranched alkanes of at least 4 members (excludes halogenated alkanes) is 34. The first kappa shape index (κ1) is 79.2. The monoisotopic (exact) mass is 1170 g/mol. The van der Waals surface area contributed by atoms with Crippen LogP contribution in [0.2, 0.25) is 0 Å². The minimum Gasteiger partial charge on any atom is -0.456 e. The molecule has 0 aromatic heterocycles. The van der Waals surface area contributed by atoms with Gasteiger partial charge in [-0.3, -0.25) is 18.6 Å². The molecule has 1 amide bonds. The van der Waals surface area contributed by atoms with E-state index in [2.05, 4.69) is 99.0 Å². The summed E-state index contributed by atoms with van der Waals surface area (Å²) in [6.45, 7) is 6.90. The van der Waals surface area contributed by atoms with Crippen molar-refractivity contribution in [1.29, 1.82) is 0 Å². The van der Waals surface area contributed by atoms with E-state index in [1.54, 1.807) is 0 Å². The molecule has 0 radical (unpaired) electrons. The van der Waals surface area contributed by atoms with Gasteiger partial charge in [-0.1, -0.05) is 280 Å². The average molecular weight is 1170 g/mol. The molecule has 0 aliphatic heterocycles. The molecular formula is C72H132N2O7P+. The summed E-state index contributed by atoms with van der Waals surface area (Å²) >= 11 is 0. The van der Waals surface area contributed by atoms with Crippen LogP contribution in [0, 0.1) is 0 Å². The summed E-state index contributed by atoms with van der Waals surface area (Å²) in [5.74, 6) is -0.522. The molecule has 0 spiro atoms. The lowest BCUT2D eigenvalue weighted by molar-refractivity contribution is -0.870. The number of quaternary nitrogens is 1. The molecule has 0 heterocycles. The lowest BCUT2D eigenvalue weighted by Crippen LogP contribution is -2.47. The number of rotatable bonds is 62. The van der Waals surface area contributed by atoms with Crippen LogP contribution in [-0.2, 0) is 27.9 Å². The normalized spacial score (nSPS) is 14.1. The second-order valence-corrected chi connectivity index (χ2v) is 25.8. The van der Waals surface area contributed by atoms with Crippen LogP contribution >= 0.6 is 7.82 Å². The summed E-state index contributed by atoms with van der Waals surface area (Å²) in [7, 11) is 1.48. The number of esters is 1. The third kappa shape index (κ3) is 61.7. The van der Waals surface area contributed by atoms with Gasteiger partial charge >= 0.3 is 13.8 Å². The van der Waals surface area contributed by atoms with Crippen molar-refractivity contribution in [2.75, 3.05) is 40.9 Å². The van der Waals surface area contributed by atoms with Crippen LogP contribution in [0.4, 0.5) is 0 Å². The van der Waals surface area contributed by atoms with Crippen LogP contribution in [0.3, 0.4) is 0 Å². The summed E-state index contributed by atoms with van der Waals surface area (Å²) in [6.07, 6.45) is 81.6. The van der Waals surface area contributed by atoms with Gasteiger partial charge in [0.25, 0.3) is 0 Å². The van der Waals surface area contributed by atoms with Gasteiger partial charge in [0.1, 0.15) is 19.3 Å². The van der Waals surface area contributed by atoms with Crippen molar-refractivity contribution in [3.8, 4) is 0 Å². The van der Waals surface area contributed by atoms with Crippen LogP contribution in [0.15, 0.2) is 85.1 Å². The molecule has 0 aliphatic rings. The lowest BCUT2D eigenvalue weighted by atomic mass is 10.0. The molecule has 0 aliphatic carbocycles. The van der Waals surface area contributed by atoms with Gasteiger partial charge < -0.3 is 19.4 Å². The topological polar surface area (TPSA) is 111 Å². The van der Waals surface area contributed by atoms with Gasteiger partial charge in [0.05, 0.1) is 33.8 Å². The highest BCUT2D eigenvalue weighted by atomic mass is 31.2. The largest absolute Gasteiger partial charge is 0.472 e. The third-order valence-electron chi connectivity index (χ3n) is 15.1. The second kappa shape index (κ2) is 61.3. The fraction of sp³-hybridized carbons (Fsp3) is 0.778. The fourth-order valence-electron chi connectivity index (χ4n) is 9.79. The highest BCUT2D eigenvalue weighted by Gasteiger charge is 2.30. The Kier molecular flexibility index (Phi) is 59.2. The quantitative estimate of drug-likeness (QED) is 0.0205. The van der Waals surface area contributed by atoms with Gasteiger partial charge in [0.15, 0.2) is 0 Å². The molecule has 0 saturated carbocycles. The molecule has 2 N–H and O–H groups in total. The van der Waals surface area contributed by atoms with Crippen molar-refractivity contribution in [1.82, 2.24) is 5.32 Å². The molecule has 3 unspecified atom stereocenters. The van der Waals surface area contributed by atoms with Crippen LogP contribution < -0.4 is 5.32 Å². The number of hydrogen-bond acceptors (Lipinski definition) is 6. The maximum atomic E-state index is 13.6. The minimum atomic E-state index is -4.46. The molecule has 9 nitrogen and oxygen atoms in total. The summed E-state index contributed by atoms with van der Waals surface area (Å²) in [6, 6.07) is -0.863. The second-order valence-electron chi connectivity index (χ2n) is 24.3. The Labute approximate surface area is 507 Å². The Hall–Kier alpha value is -2.81. The van der Waals surface area contributed by atoms with E-state index in [1.807, 2.05) is 33.3 Å². The van der Waals surface area contributed by atoms with Crippen LogP contribution in [0.25, 0.3) is 0 Å². The molecule has 0 aromatic rings. The van der Waals surface area contributed by atoms with Gasteiger partial charge in [0, 0.05) is 12.8 Å². The van der Waals surface area contributed by atoms with Crippen LogP contribution in [0.5, 0.6) is 0 Å². The van der Waals surface area contributed by atoms with E-state index in [0.717, 1.165) is 109 Å². The third-order valence-corrected chi connectivity index (χ3v) is 16.1. The number of nitrogens with zero attached hydrogens (tertiary/aromatic N) is 1. The average Bonchev–Trinajstić information content (AvgIpc) is 3.44. The first-order valence-corrected chi connectivity index (χ1v) is 35.9. The smallest absolute Gasteiger partial charge is 0.456 e. The fourth-order valence-corrected chi connectivity index (χ4v) is 10.5. The van der Waals surface area contributed by atoms with E-state index in [4.69, 9.17) is 13.8 Å². The zero-order valence-electron chi connectivity index (χ0n) is 54.5. The Bertz CT molecular complexity index is 1680. The minimum absolute atomic E-state index is 0.0335. The molecule has 10 heteroatoms. The Morgan fingerprint density at radius 1 is 0.439 bits per heavy atom. The molecule has 82 heavy (non-hydrogen) atoms. The number of ether oxygens (including phenoxy) is 1. The number of carbonyl (C=O) groups excluding carboxylic acids is 2. The van der Waals surface area contributed by atoms with Gasteiger partial charge in [-0.25, -0.2) is 4.57 Å². The molecule has 0 saturated heterocycles. The van der Waals surface area contributed by atoms with Crippen molar-refractivity contribution in [2.45, 2.75) is 322 Å². The predicted octanol–water partition coefficient (Wildman–Crippen LogP) is 21.7. The number of amides is 1. The number of allylic oxidation sites excluding steroid dienone is 13. The Morgan fingerprint density at radius 3 is 1.18 bits per heavy atom. The molecule has 0 rings (SSSR count). The van der Waals surface area contributed by atoms with Gasteiger partial charge in [-0.2, -0.15) is 0 Å². The molecule has 3 atom stereocenters. The van der Waals surface area contributed by atoms with Gasteiger partial charge in [-0.15, -0.1) is 0 Å². The molecule has 0 fully saturated rings. The number of carbonyl (C=O) groups is 2. The summed E-state index contributed by atoms with van der Waals surface area (Å²) in [5.41, 5.74) is 0. The Morgan fingerprint density at radius 2 is 0.780 bits per heavy atom. The molecule has 476 valence electrons. The zero-order chi connectivity index (χ0) is 60.0. The van der Waals surface area contributed by atoms with Crippen LogP contribution in [0.1, 0.15) is 310 Å². The SMILES string of the molecule is CC/C=C\C/C=C\C/C=C\C/C=C\C/C=C\CCCCCCCC(=O)NC(COP(=O)(O)OCC[N+](C)(C)C)C(/C=C/CCCCCCCCCCCC)OC(=O)CCCCCCCCCCCCCCC/C=C/CCCCCCCC. The first-order chi connectivity index (χ1) is 39.9. The number of phosphoric acid groups is 1. The van der Waals surface area contributed by atoms with Crippen molar-refractivity contribution in [2.24, 2.45) is 0 Å². The van der Waals surface area contributed by atoms with E-state index in [9.17, 15) is 19.0 Å². The van der Waals surface area contributed by atoms with Gasteiger partial charge in [0.2, 0.25) is 5.91 Å². The summed E-state index contributed by atoms with van der Waals surface area (Å²) < 4.78 is 30.8. The molecule has 0 aromatic carbocycles. The highest BCUT2D eigenvalue weighted by Crippen LogP contribution is 2.43. The van der Waals surface area contributed by atoms with Gasteiger partial charge in [-0.05, 0) is 102 Å². The number of phosphoric ester groups is 1. The van der Waals surface area contributed by atoms with Crippen molar-refractivity contribution in [3.05, 3.63) is 85.1 Å². The van der Waals surface area contributed by atoms with Crippen LogP contribution in [-0.4, -0.2) is 74.3 Å². The van der Waals surface area contributed by atoms with E-state index < -0.39 is 20.0 Å². The van der Waals surface area contributed by atoms with Crippen molar-refractivity contribution < 1.29 is 37.3 Å². The van der Waals surface area contributed by atoms with E-state index >= 15 is 0 Å². The van der Waals surface area contributed by atoms with E-state index in [1.165, 1.54) is 167 Å². The predicted molar refractivity (Wildman–Crippen MR) is 355 cm³/mol. The summed E-state index contributed by atoms with van der Waals surface area (Å²) in [4.78, 5) is 37.9. The highest BCUT2D eigenvalue weighted by molar-refractivity contribution is 7.47. The van der Waals surface area contributed by atoms with Crippen molar-refractivity contribution >= 4 is 19.7 Å². The van der Waals surface area contributed by atoms with E-state index in [0.29, 0.717) is 17.4 Å². The number of nitrogens with one attached hydrogen (secondary N) is 1. The Balaban J connectivity index is 5.15. The maximum absolute atomic E-state index is 13.6. The lowest BCUT2D eigenvalue weighted by Gasteiger charge is -2.27. The summed E-state index contributed by atoms with van der Waals surface area (Å²) in [5, 5.41) is 3.06. The molecular weight excluding hydrogens is 1040 g/mol. The van der Waals surface area contributed by atoms with Crippen molar-refractivity contribution in [3.63, 3.8) is 0 Å². The van der Waals surface area contributed by atoms with E-state index in [-0.39, 0.29) is 31.5 Å².